The summed E-state index contributed by atoms with van der Waals surface area (Å²) in [5.74, 6) is 0.828. The van der Waals surface area contributed by atoms with Gasteiger partial charge in [0.15, 0.2) is 5.82 Å². The van der Waals surface area contributed by atoms with Gasteiger partial charge in [-0.2, -0.15) is 0 Å². The van der Waals surface area contributed by atoms with Gasteiger partial charge in [0.2, 0.25) is 0 Å². The SMILES string of the molecule is Cc1cccc(-c2ncc3c(n2)CCCC3N)c1C. The molecule has 1 heterocycles. The summed E-state index contributed by atoms with van der Waals surface area (Å²) in [5, 5.41) is 0. The van der Waals surface area contributed by atoms with Gasteiger partial charge >= 0.3 is 0 Å². The van der Waals surface area contributed by atoms with E-state index in [1.807, 2.05) is 6.20 Å². The largest absolute Gasteiger partial charge is 0.324 e. The Morgan fingerprint density at radius 3 is 2.95 bits per heavy atom. The van der Waals surface area contributed by atoms with Crippen LogP contribution in [-0.2, 0) is 6.42 Å². The highest BCUT2D eigenvalue weighted by atomic mass is 14.9. The molecule has 0 radical (unpaired) electrons. The van der Waals surface area contributed by atoms with Crippen LogP contribution in [0.2, 0.25) is 0 Å². The van der Waals surface area contributed by atoms with Crippen molar-refractivity contribution in [2.45, 2.75) is 39.2 Å². The predicted octanol–water partition coefficient (Wildman–Crippen LogP) is 3.10. The number of aromatic nitrogens is 2. The van der Waals surface area contributed by atoms with E-state index in [0.717, 1.165) is 41.9 Å². The van der Waals surface area contributed by atoms with E-state index >= 15 is 0 Å². The molecule has 1 aromatic heterocycles. The van der Waals surface area contributed by atoms with Crippen LogP contribution in [-0.4, -0.2) is 9.97 Å². The van der Waals surface area contributed by atoms with Crippen LogP contribution in [0.15, 0.2) is 24.4 Å². The van der Waals surface area contributed by atoms with Gasteiger partial charge in [-0.1, -0.05) is 18.2 Å². The molecule has 0 aliphatic heterocycles. The van der Waals surface area contributed by atoms with Crippen molar-refractivity contribution in [3.63, 3.8) is 0 Å². The van der Waals surface area contributed by atoms with E-state index in [1.165, 1.54) is 11.1 Å². The maximum atomic E-state index is 6.11. The topological polar surface area (TPSA) is 51.8 Å². The van der Waals surface area contributed by atoms with Crippen LogP contribution < -0.4 is 5.73 Å². The Kier molecular flexibility index (Phi) is 3.07. The zero-order valence-corrected chi connectivity index (χ0v) is 11.5. The number of fused-ring (bicyclic) bond motifs is 1. The molecule has 3 rings (SSSR count). The smallest absolute Gasteiger partial charge is 0.159 e. The molecule has 2 aromatic rings. The van der Waals surface area contributed by atoms with Gasteiger partial charge in [0, 0.05) is 29.1 Å². The Labute approximate surface area is 113 Å². The molecule has 1 atom stereocenters. The molecule has 1 aliphatic rings. The average Bonchev–Trinajstić information content (AvgIpc) is 2.42. The molecule has 0 bridgehead atoms. The number of aryl methyl sites for hydroxylation is 2. The third-order valence-corrected chi connectivity index (χ3v) is 4.07. The molecule has 0 saturated carbocycles. The fourth-order valence-electron chi connectivity index (χ4n) is 2.70. The second kappa shape index (κ2) is 4.74. The molecule has 1 aromatic carbocycles. The highest BCUT2D eigenvalue weighted by Gasteiger charge is 2.19. The minimum Gasteiger partial charge on any atom is -0.324 e. The zero-order valence-electron chi connectivity index (χ0n) is 11.5. The zero-order chi connectivity index (χ0) is 13.4. The summed E-state index contributed by atoms with van der Waals surface area (Å²) in [5.41, 5.74) is 12.0. The summed E-state index contributed by atoms with van der Waals surface area (Å²) in [4.78, 5) is 9.27. The number of hydrogen-bond acceptors (Lipinski definition) is 3. The van der Waals surface area contributed by atoms with E-state index in [4.69, 9.17) is 10.7 Å². The van der Waals surface area contributed by atoms with E-state index in [1.54, 1.807) is 0 Å². The number of nitrogens with two attached hydrogens (primary N) is 1. The van der Waals surface area contributed by atoms with Crippen LogP contribution >= 0.6 is 0 Å². The van der Waals surface area contributed by atoms with Gasteiger partial charge in [0.05, 0.1) is 0 Å². The number of rotatable bonds is 1. The third-order valence-electron chi connectivity index (χ3n) is 4.07. The Morgan fingerprint density at radius 1 is 1.26 bits per heavy atom. The van der Waals surface area contributed by atoms with Gasteiger partial charge < -0.3 is 5.73 Å². The van der Waals surface area contributed by atoms with E-state index in [-0.39, 0.29) is 6.04 Å². The molecular formula is C16H19N3. The van der Waals surface area contributed by atoms with Gasteiger partial charge in [0.25, 0.3) is 0 Å². The van der Waals surface area contributed by atoms with E-state index in [2.05, 4.69) is 37.0 Å². The Hall–Kier alpha value is -1.74. The highest BCUT2D eigenvalue weighted by Crippen LogP contribution is 2.29. The fourth-order valence-corrected chi connectivity index (χ4v) is 2.70. The van der Waals surface area contributed by atoms with Crippen molar-refractivity contribution >= 4 is 0 Å². The first kappa shape index (κ1) is 12.3. The van der Waals surface area contributed by atoms with Crippen molar-refractivity contribution in [3.05, 3.63) is 46.8 Å². The molecule has 1 unspecified atom stereocenters. The van der Waals surface area contributed by atoms with Gasteiger partial charge in [0.1, 0.15) is 0 Å². The molecule has 0 fully saturated rings. The summed E-state index contributed by atoms with van der Waals surface area (Å²) >= 11 is 0. The lowest BCUT2D eigenvalue weighted by molar-refractivity contribution is 0.557. The first-order chi connectivity index (χ1) is 9.16. The van der Waals surface area contributed by atoms with Crippen molar-refractivity contribution in [1.82, 2.24) is 9.97 Å². The number of nitrogens with zero attached hydrogens (tertiary/aromatic N) is 2. The Morgan fingerprint density at radius 2 is 2.11 bits per heavy atom. The summed E-state index contributed by atoms with van der Waals surface area (Å²) < 4.78 is 0. The van der Waals surface area contributed by atoms with Crippen LogP contribution in [0.3, 0.4) is 0 Å². The fraction of sp³-hybridized carbons (Fsp3) is 0.375. The maximum Gasteiger partial charge on any atom is 0.159 e. The average molecular weight is 253 g/mol. The third kappa shape index (κ3) is 2.15. The quantitative estimate of drug-likeness (QED) is 0.849. The maximum absolute atomic E-state index is 6.11. The first-order valence-corrected chi connectivity index (χ1v) is 6.85. The number of benzene rings is 1. The molecule has 0 spiro atoms. The minimum atomic E-state index is 0.108. The van der Waals surface area contributed by atoms with E-state index < -0.39 is 0 Å². The first-order valence-electron chi connectivity index (χ1n) is 6.85. The normalized spacial score (nSPS) is 18.2. The van der Waals surface area contributed by atoms with Crippen molar-refractivity contribution in [2.24, 2.45) is 5.73 Å². The van der Waals surface area contributed by atoms with Crippen LogP contribution in [0.1, 0.15) is 41.3 Å². The summed E-state index contributed by atoms with van der Waals surface area (Å²) in [6.07, 6.45) is 5.10. The second-order valence-corrected chi connectivity index (χ2v) is 5.34. The molecule has 2 N–H and O–H groups in total. The van der Waals surface area contributed by atoms with Gasteiger partial charge in [-0.05, 0) is 44.2 Å². The molecule has 3 heteroatoms. The summed E-state index contributed by atoms with van der Waals surface area (Å²) in [6, 6.07) is 6.38. The monoisotopic (exact) mass is 253 g/mol. The number of hydrogen-bond donors (Lipinski definition) is 1. The Bertz CT molecular complexity index is 619. The van der Waals surface area contributed by atoms with Crippen molar-refractivity contribution in [1.29, 1.82) is 0 Å². The molecule has 19 heavy (non-hydrogen) atoms. The van der Waals surface area contributed by atoms with Gasteiger partial charge in [-0.25, -0.2) is 9.97 Å². The van der Waals surface area contributed by atoms with Gasteiger partial charge in [-0.15, -0.1) is 0 Å². The van der Waals surface area contributed by atoms with E-state index in [9.17, 15) is 0 Å². The van der Waals surface area contributed by atoms with Crippen LogP contribution in [0.4, 0.5) is 0 Å². The second-order valence-electron chi connectivity index (χ2n) is 5.34. The molecule has 0 amide bonds. The molecule has 3 nitrogen and oxygen atoms in total. The minimum absolute atomic E-state index is 0.108. The lowest BCUT2D eigenvalue weighted by atomic mass is 9.93. The van der Waals surface area contributed by atoms with Crippen LogP contribution in [0.25, 0.3) is 11.4 Å². The van der Waals surface area contributed by atoms with Crippen LogP contribution in [0, 0.1) is 13.8 Å². The van der Waals surface area contributed by atoms with Gasteiger partial charge in [-0.3, -0.25) is 0 Å². The lowest BCUT2D eigenvalue weighted by Crippen LogP contribution is -2.19. The highest BCUT2D eigenvalue weighted by molar-refractivity contribution is 5.62. The molecule has 98 valence electrons. The lowest BCUT2D eigenvalue weighted by Gasteiger charge is -2.21. The van der Waals surface area contributed by atoms with Crippen molar-refractivity contribution in [3.8, 4) is 11.4 Å². The summed E-state index contributed by atoms with van der Waals surface area (Å²) in [7, 11) is 0. The predicted molar refractivity (Wildman–Crippen MR) is 76.8 cm³/mol. The standard InChI is InChI=1S/C16H19N3/c1-10-5-3-6-12(11(10)2)16-18-9-13-14(17)7-4-8-15(13)19-16/h3,5-6,9,14H,4,7-8,17H2,1-2H3. The molecule has 1 aliphatic carbocycles. The molecular weight excluding hydrogens is 234 g/mol. The Balaban J connectivity index is 2.09. The van der Waals surface area contributed by atoms with Crippen LogP contribution in [0.5, 0.6) is 0 Å². The summed E-state index contributed by atoms with van der Waals surface area (Å²) in [6.45, 7) is 4.24. The van der Waals surface area contributed by atoms with Crippen molar-refractivity contribution < 1.29 is 0 Å². The van der Waals surface area contributed by atoms with E-state index in [0.29, 0.717) is 0 Å². The molecule has 0 saturated heterocycles. The van der Waals surface area contributed by atoms with Crippen molar-refractivity contribution in [2.75, 3.05) is 0 Å².